The molecule has 140 valence electrons. The van der Waals surface area contributed by atoms with Crippen LogP contribution in [-0.2, 0) is 18.3 Å². The van der Waals surface area contributed by atoms with Crippen molar-refractivity contribution in [2.24, 2.45) is 7.05 Å². The summed E-state index contributed by atoms with van der Waals surface area (Å²) in [5, 5.41) is 2.98. The lowest BCUT2D eigenvalue weighted by Gasteiger charge is -2.22. The molecule has 0 fully saturated rings. The smallest absolute Gasteiger partial charge is 0.253 e. The molecule has 0 radical (unpaired) electrons. The number of benzene rings is 2. The van der Waals surface area contributed by atoms with Crippen LogP contribution in [0.25, 0.3) is 23.3 Å². The lowest BCUT2D eigenvalue weighted by atomic mass is 9.89. The standard InChI is InChI=1S/C24H22N2O2/c1-16-14-18(15-26(2)24(16)28)19-10-12-22-21(11-13-23(27)25-22)20(19)9-8-17-6-4-3-5-7-17/h3-10,12,14-15H,11,13H2,1-2H3,(H,25,27). The number of anilines is 1. The van der Waals surface area contributed by atoms with Crippen molar-refractivity contribution in [3.63, 3.8) is 0 Å². The molecule has 0 saturated heterocycles. The molecule has 0 unspecified atom stereocenters. The molecule has 4 heteroatoms. The number of carbonyl (C=O) groups excluding carboxylic acids is 1. The first-order valence-electron chi connectivity index (χ1n) is 9.39. The van der Waals surface area contributed by atoms with Crippen molar-refractivity contribution in [2.45, 2.75) is 19.8 Å². The zero-order valence-corrected chi connectivity index (χ0v) is 16.0. The fourth-order valence-electron chi connectivity index (χ4n) is 3.71. The highest BCUT2D eigenvalue weighted by Gasteiger charge is 2.20. The minimum atomic E-state index is 0.00958. The third-order valence-corrected chi connectivity index (χ3v) is 5.15. The van der Waals surface area contributed by atoms with Gasteiger partial charge in [0.05, 0.1) is 0 Å². The zero-order valence-electron chi connectivity index (χ0n) is 16.0. The van der Waals surface area contributed by atoms with Crippen LogP contribution < -0.4 is 10.9 Å². The van der Waals surface area contributed by atoms with Crippen molar-refractivity contribution in [1.82, 2.24) is 4.57 Å². The van der Waals surface area contributed by atoms with Crippen molar-refractivity contribution in [3.05, 3.63) is 87.3 Å². The Hall–Kier alpha value is -3.40. The van der Waals surface area contributed by atoms with Gasteiger partial charge in [0.2, 0.25) is 5.91 Å². The van der Waals surface area contributed by atoms with Gasteiger partial charge in [0.1, 0.15) is 0 Å². The van der Waals surface area contributed by atoms with E-state index in [1.54, 1.807) is 11.6 Å². The number of pyridine rings is 1. The third-order valence-electron chi connectivity index (χ3n) is 5.15. The maximum Gasteiger partial charge on any atom is 0.253 e. The molecular formula is C24H22N2O2. The summed E-state index contributed by atoms with van der Waals surface area (Å²) in [5.41, 5.74) is 6.97. The fourth-order valence-corrected chi connectivity index (χ4v) is 3.71. The van der Waals surface area contributed by atoms with Gasteiger partial charge in [-0.25, -0.2) is 0 Å². The van der Waals surface area contributed by atoms with Gasteiger partial charge in [-0.3, -0.25) is 9.59 Å². The Labute approximate surface area is 164 Å². The van der Waals surface area contributed by atoms with Crippen LogP contribution >= 0.6 is 0 Å². The molecule has 1 amide bonds. The Bertz CT molecular complexity index is 1120. The van der Waals surface area contributed by atoms with E-state index >= 15 is 0 Å². The molecule has 28 heavy (non-hydrogen) atoms. The average molecular weight is 370 g/mol. The number of carbonyl (C=O) groups is 1. The Morgan fingerprint density at radius 1 is 1.00 bits per heavy atom. The van der Waals surface area contributed by atoms with E-state index < -0.39 is 0 Å². The summed E-state index contributed by atoms with van der Waals surface area (Å²) in [5.74, 6) is 0.0520. The maximum atomic E-state index is 12.1. The molecule has 0 spiro atoms. The van der Waals surface area contributed by atoms with Crippen molar-refractivity contribution in [1.29, 1.82) is 0 Å². The van der Waals surface area contributed by atoms with Gasteiger partial charge in [-0.15, -0.1) is 0 Å². The number of amides is 1. The molecule has 3 aromatic rings. The van der Waals surface area contributed by atoms with Gasteiger partial charge in [0, 0.05) is 30.9 Å². The highest BCUT2D eigenvalue weighted by atomic mass is 16.1. The van der Waals surface area contributed by atoms with Crippen molar-refractivity contribution in [2.75, 3.05) is 5.32 Å². The lowest BCUT2D eigenvalue weighted by Crippen LogP contribution is -2.20. The summed E-state index contributed by atoms with van der Waals surface area (Å²) in [6, 6.07) is 16.1. The second kappa shape index (κ2) is 7.31. The van der Waals surface area contributed by atoms with Gasteiger partial charge in [-0.1, -0.05) is 48.6 Å². The van der Waals surface area contributed by atoms with Gasteiger partial charge in [0.25, 0.3) is 5.56 Å². The summed E-state index contributed by atoms with van der Waals surface area (Å²) in [6.07, 6.45) is 7.26. The quantitative estimate of drug-likeness (QED) is 0.694. The monoisotopic (exact) mass is 370 g/mol. The fraction of sp³-hybridized carbons (Fsp3) is 0.167. The second-order valence-electron chi connectivity index (χ2n) is 7.17. The molecule has 1 N–H and O–H groups in total. The van der Waals surface area contributed by atoms with Crippen LogP contribution in [0.5, 0.6) is 0 Å². The summed E-state index contributed by atoms with van der Waals surface area (Å²) in [7, 11) is 1.77. The van der Waals surface area contributed by atoms with Gasteiger partial charge in [-0.05, 0) is 53.3 Å². The highest BCUT2D eigenvalue weighted by molar-refractivity contribution is 5.97. The summed E-state index contributed by atoms with van der Waals surface area (Å²) in [6.45, 7) is 1.84. The largest absolute Gasteiger partial charge is 0.326 e. The van der Waals surface area contributed by atoms with E-state index in [4.69, 9.17) is 0 Å². The predicted molar refractivity (Wildman–Crippen MR) is 114 cm³/mol. The highest BCUT2D eigenvalue weighted by Crippen LogP contribution is 2.35. The summed E-state index contributed by atoms with van der Waals surface area (Å²) < 4.78 is 1.62. The number of nitrogens with one attached hydrogen (secondary N) is 1. The summed E-state index contributed by atoms with van der Waals surface area (Å²) >= 11 is 0. The topological polar surface area (TPSA) is 51.1 Å². The second-order valence-corrected chi connectivity index (χ2v) is 7.17. The number of aromatic nitrogens is 1. The Morgan fingerprint density at radius 2 is 1.79 bits per heavy atom. The number of hydrogen-bond donors (Lipinski definition) is 1. The Morgan fingerprint density at radius 3 is 2.54 bits per heavy atom. The zero-order chi connectivity index (χ0) is 19.7. The molecule has 2 heterocycles. The van der Waals surface area contributed by atoms with E-state index in [9.17, 15) is 9.59 Å². The lowest BCUT2D eigenvalue weighted by molar-refractivity contribution is -0.116. The van der Waals surface area contributed by atoms with Crippen molar-refractivity contribution >= 4 is 23.7 Å². The normalized spacial score (nSPS) is 13.4. The van der Waals surface area contributed by atoms with E-state index in [0.29, 0.717) is 18.4 Å². The van der Waals surface area contributed by atoms with Crippen molar-refractivity contribution < 1.29 is 4.79 Å². The molecule has 4 nitrogen and oxygen atoms in total. The molecular weight excluding hydrogens is 348 g/mol. The van der Waals surface area contributed by atoms with E-state index in [1.807, 2.05) is 49.5 Å². The van der Waals surface area contributed by atoms with Crippen LogP contribution in [-0.4, -0.2) is 10.5 Å². The number of nitrogens with zero attached hydrogens (tertiary/aromatic N) is 1. The maximum absolute atomic E-state index is 12.1. The van der Waals surface area contributed by atoms with E-state index in [-0.39, 0.29) is 11.5 Å². The van der Waals surface area contributed by atoms with E-state index in [1.165, 1.54) is 0 Å². The van der Waals surface area contributed by atoms with E-state index in [0.717, 1.165) is 33.5 Å². The minimum Gasteiger partial charge on any atom is -0.326 e. The predicted octanol–water partition coefficient (Wildman–Crippen LogP) is 4.42. The molecule has 1 aliphatic rings. The van der Waals surface area contributed by atoms with Crippen LogP contribution in [0, 0.1) is 6.92 Å². The van der Waals surface area contributed by atoms with Gasteiger partial charge in [0.15, 0.2) is 0 Å². The molecule has 2 aromatic carbocycles. The third kappa shape index (κ3) is 3.41. The van der Waals surface area contributed by atoms with Crippen LogP contribution in [0.4, 0.5) is 5.69 Å². The number of hydrogen-bond acceptors (Lipinski definition) is 2. The molecule has 4 rings (SSSR count). The first-order valence-corrected chi connectivity index (χ1v) is 9.39. The molecule has 1 aliphatic heterocycles. The van der Waals surface area contributed by atoms with Crippen molar-refractivity contribution in [3.8, 4) is 11.1 Å². The van der Waals surface area contributed by atoms with Crippen LogP contribution in [0.15, 0.2) is 59.5 Å². The summed E-state index contributed by atoms with van der Waals surface area (Å²) in [4.78, 5) is 23.9. The van der Waals surface area contributed by atoms with Gasteiger partial charge >= 0.3 is 0 Å². The van der Waals surface area contributed by atoms with E-state index in [2.05, 4.69) is 29.6 Å². The van der Waals surface area contributed by atoms with Crippen LogP contribution in [0.2, 0.25) is 0 Å². The SMILES string of the molecule is Cc1cc(-c2ccc3c(c2C=Cc2ccccc2)CCC(=O)N3)cn(C)c1=O. The Balaban J connectivity index is 1.90. The van der Waals surface area contributed by atoms with Gasteiger partial charge in [-0.2, -0.15) is 0 Å². The Kier molecular flexibility index (Phi) is 4.70. The molecule has 0 bridgehead atoms. The average Bonchev–Trinajstić information content (AvgIpc) is 2.70. The molecule has 1 aromatic heterocycles. The minimum absolute atomic E-state index is 0.00958. The van der Waals surface area contributed by atoms with Crippen LogP contribution in [0.3, 0.4) is 0 Å². The number of aryl methyl sites for hydroxylation is 2. The number of rotatable bonds is 3. The molecule has 0 saturated carbocycles. The first kappa shape index (κ1) is 18.0. The first-order chi connectivity index (χ1) is 13.5. The van der Waals surface area contributed by atoms with Gasteiger partial charge < -0.3 is 9.88 Å². The molecule has 0 atom stereocenters. The number of fused-ring (bicyclic) bond motifs is 1. The van der Waals surface area contributed by atoms with Crippen LogP contribution in [0.1, 0.15) is 28.7 Å². The molecule has 0 aliphatic carbocycles.